The van der Waals surface area contributed by atoms with E-state index >= 15 is 0 Å². The van der Waals surface area contributed by atoms with Crippen molar-refractivity contribution in [2.75, 3.05) is 35.5 Å². The Morgan fingerprint density at radius 3 is 1.73 bits per heavy atom. The van der Waals surface area contributed by atoms with Crippen LogP contribution in [0.1, 0.15) is 58.0 Å². The van der Waals surface area contributed by atoms with E-state index in [1.165, 1.54) is 42.5 Å². The van der Waals surface area contributed by atoms with Crippen LogP contribution in [0.3, 0.4) is 0 Å². The Balaban J connectivity index is 2.68. The maximum absolute atomic E-state index is 13.2. The lowest BCUT2D eigenvalue weighted by atomic mass is 9.74. The molecule has 0 amide bonds. The number of aliphatic hydroxyl groups excluding tert-OH is 1. The van der Waals surface area contributed by atoms with Crippen LogP contribution in [0.15, 0.2) is 23.8 Å². The number of carbonyl (C=O) groups excluding carboxylic acids is 2. The van der Waals surface area contributed by atoms with Gasteiger partial charge in [0.25, 0.3) is 0 Å². The fourth-order valence-corrected chi connectivity index (χ4v) is 5.00. The Bertz CT molecular complexity index is 1310. The van der Waals surface area contributed by atoms with Crippen LogP contribution in [-0.2, 0) is 14.3 Å². The first kappa shape index (κ1) is 30.6. The molecule has 0 unspecified atom stereocenters. The second-order valence-corrected chi connectivity index (χ2v) is 9.57. The van der Waals surface area contributed by atoms with Gasteiger partial charge in [0.05, 0.1) is 41.7 Å². The zero-order valence-electron chi connectivity index (χ0n) is 24.7. The number of carbonyl (C=O) groups is 2. The third-order valence-electron chi connectivity index (χ3n) is 7.44. The van der Waals surface area contributed by atoms with E-state index in [0.29, 0.717) is 33.6 Å². The highest BCUT2D eigenvalue weighted by atomic mass is 16.6. The summed E-state index contributed by atoms with van der Waals surface area (Å²) < 4.78 is 40.4. The van der Waals surface area contributed by atoms with Crippen molar-refractivity contribution in [1.29, 1.82) is 0 Å². The fraction of sp³-hybridized carbons (Fsp3) is 0.467. The van der Waals surface area contributed by atoms with Gasteiger partial charge in [-0.15, -0.1) is 0 Å². The van der Waals surface area contributed by atoms with Gasteiger partial charge in [0, 0.05) is 35.1 Å². The smallest absolute Gasteiger partial charge is 0.338 e. The van der Waals surface area contributed by atoms with Gasteiger partial charge in [-0.05, 0) is 37.5 Å². The summed E-state index contributed by atoms with van der Waals surface area (Å²) in [4.78, 5) is 25.6. The lowest BCUT2D eigenvalue weighted by Gasteiger charge is -2.37. The molecule has 0 saturated carbocycles. The van der Waals surface area contributed by atoms with Gasteiger partial charge >= 0.3 is 11.9 Å². The van der Waals surface area contributed by atoms with Crippen LogP contribution in [0.4, 0.5) is 0 Å². The topological polar surface area (TPSA) is 119 Å². The van der Waals surface area contributed by atoms with Crippen molar-refractivity contribution in [3.63, 3.8) is 0 Å². The van der Waals surface area contributed by atoms with E-state index in [0.717, 1.165) is 0 Å². The number of allylic oxidation sites excluding steroid dienone is 1. The highest BCUT2D eigenvalue weighted by Gasteiger charge is 2.42. The van der Waals surface area contributed by atoms with Crippen molar-refractivity contribution < 1.29 is 47.9 Å². The third-order valence-corrected chi connectivity index (χ3v) is 7.44. The molecule has 10 heteroatoms. The second kappa shape index (κ2) is 12.5. The molecule has 1 aliphatic carbocycles. The molecule has 4 atom stereocenters. The van der Waals surface area contributed by atoms with E-state index in [1.807, 2.05) is 13.8 Å². The number of aliphatic hydroxyl groups is 1. The van der Waals surface area contributed by atoms with Gasteiger partial charge in [0.1, 0.15) is 6.10 Å². The first-order valence-corrected chi connectivity index (χ1v) is 12.8. The van der Waals surface area contributed by atoms with Gasteiger partial charge in [-0.25, -0.2) is 4.79 Å². The van der Waals surface area contributed by atoms with E-state index in [9.17, 15) is 14.7 Å². The van der Waals surface area contributed by atoms with E-state index in [1.54, 1.807) is 32.1 Å². The third kappa shape index (κ3) is 5.28. The molecule has 0 aromatic heterocycles. The predicted molar refractivity (Wildman–Crippen MR) is 147 cm³/mol. The van der Waals surface area contributed by atoms with Gasteiger partial charge < -0.3 is 38.3 Å². The number of hydrogen-bond donors (Lipinski definition) is 1. The number of hydrogen-bond acceptors (Lipinski definition) is 10. The average Bonchev–Trinajstić information content (AvgIpc) is 2.95. The summed E-state index contributed by atoms with van der Waals surface area (Å²) in [6.07, 6.45) is -0.321. The summed E-state index contributed by atoms with van der Waals surface area (Å²) in [6.45, 7) is 8.39. The minimum atomic E-state index is -1.07. The normalized spacial score (nSPS) is 20.2. The Morgan fingerprint density at radius 2 is 1.25 bits per heavy atom. The number of methoxy groups -OCH3 is 5. The zero-order chi connectivity index (χ0) is 29.9. The summed E-state index contributed by atoms with van der Waals surface area (Å²) in [5, 5.41) is 11.7. The predicted octanol–water partition coefficient (Wildman–Crippen LogP) is 5.19. The lowest BCUT2D eigenvalue weighted by molar-refractivity contribution is -0.151. The lowest BCUT2D eigenvalue weighted by Crippen LogP contribution is -2.29. The van der Waals surface area contributed by atoms with Gasteiger partial charge in [-0.2, -0.15) is 0 Å². The molecule has 0 bridgehead atoms. The minimum Gasteiger partial charge on any atom is -0.493 e. The number of benzene rings is 2. The average molecular weight is 559 g/mol. The SMILES string of the molecule is C/C=C(/C)C(=O)Oc1c(OC)c(OC)cc2c1-c1c(cc(OC)c(OC)c1OC)[C@H](O)[C@H](C)[C@H](C)[C@H]2OC(C)=O. The standard InChI is InChI=1S/C30H38O10/c1-11-14(2)30(33)40-29-23-19(13-21(35-7)27(29)37-9)25(39-17(5)31)16(4)15(3)24(32)18-12-20(34-6)26(36-8)28(38-10)22(18)23/h11-13,15-16,24-25,32H,1-10H3/b14-11-/t15-,16+,24-,25-/m1/s1. The molecule has 0 heterocycles. The molecule has 0 radical (unpaired) electrons. The Hall–Kier alpha value is -3.92. The molecular formula is C30H38O10. The molecule has 0 fully saturated rings. The van der Waals surface area contributed by atoms with Crippen molar-refractivity contribution >= 4 is 11.9 Å². The maximum atomic E-state index is 13.2. The van der Waals surface area contributed by atoms with Crippen LogP contribution in [0, 0.1) is 11.8 Å². The molecule has 0 aliphatic heterocycles. The van der Waals surface area contributed by atoms with Crippen molar-refractivity contribution in [1.82, 2.24) is 0 Å². The molecule has 10 nitrogen and oxygen atoms in total. The molecule has 3 rings (SSSR count). The van der Waals surface area contributed by atoms with Crippen LogP contribution in [0.25, 0.3) is 11.1 Å². The van der Waals surface area contributed by atoms with Crippen LogP contribution in [-0.4, -0.2) is 52.6 Å². The van der Waals surface area contributed by atoms with Crippen LogP contribution in [0.5, 0.6) is 34.5 Å². The summed E-state index contributed by atoms with van der Waals surface area (Å²) in [7, 11) is 7.27. The Kier molecular flexibility index (Phi) is 9.57. The fourth-order valence-electron chi connectivity index (χ4n) is 5.00. The van der Waals surface area contributed by atoms with E-state index in [4.69, 9.17) is 33.2 Å². The number of esters is 2. The molecule has 2 aromatic rings. The highest BCUT2D eigenvalue weighted by Crippen LogP contribution is 2.59. The monoisotopic (exact) mass is 558 g/mol. The molecule has 2 aromatic carbocycles. The summed E-state index contributed by atoms with van der Waals surface area (Å²) in [5.41, 5.74) is 1.92. The highest BCUT2D eigenvalue weighted by molar-refractivity contribution is 5.95. The van der Waals surface area contributed by atoms with Crippen molar-refractivity contribution in [3.05, 3.63) is 34.9 Å². The maximum Gasteiger partial charge on any atom is 0.338 e. The first-order chi connectivity index (χ1) is 19.0. The van der Waals surface area contributed by atoms with Crippen molar-refractivity contribution in [3.8, 4) is 45.6 Å². The van der Waals surface area contributed by atoms with Gasteiger partial charge in [-0.3, -0.25) is 4.79 Å². The van der Waals surface area contributed by atoms with Gasteiger partial charge in [0.15, 0.2) is 23.0 Å². The van der Waals surface area contributed by atoms with Gasteiger partial charge in [0.2, 0.25) is 11.5 Å². The second-order valence-electron chi connectivity index (χ2n) is 9.57. The molecule has 1 aliphatic rings. The Labute approximate surface area is 234 Å². The summed E-state index contributed by atoms with van der Waals surface area (Å²) in [5.74, 6) is -0.794. The van der Waals surface area contributed by atoms with Crippen LogP contribution >= 0.6 is 0 Å². The molecule has 218 valence electrons. The summed E-state index contributed by atoms with van der Waals surface area (Å²) in [6, 6.07) is 3.35. The Morgan fingerprint density at radius 1 is 0.750 bits per heavy atom. The van der Waals surface area contributed by atoms with Crippen LogP contribution in [0.2, 0.25) is 0 Å². The molecule has 1 N–H and O–H groups in total. The van der Waals surface area contributed by atoms with Gasteiger partial charge in [-0.1, -0.05) is 19.9 Å². The number of fused-ring (bicyclic) bond motifs is 3. The van der Waals surface area contributed by atoms with E-state index in [2.05, 4.69) is 0 Å². The number of rotatable bonds is 8. The number of ether oxygens (including phenoxy) is 7. The molecule has 0 spiro atoms. The van der Waals surface area contributed by atoms with E-state index < -0.39 is 36.0 Å². The van der Waals surface area contributed by atoms with Crippen molar-refractivity contribution in [2.24, 2.45) is 11.8 Å². The quantitative estimate of drug-likeness (QED) is 0.263. The zero-order valence-corrected chi connectivity index (χ0v) is 24.7. The largest absolute Gasteiger partial charge is 0.493 e. The van der Waals surface area contributed by atoms with Crippen LogP contribution < -0.4 is 28.4 Å². The van der Waals surface area contributed by atoms with E-state index in [-0.39, 0.29) is 28.7 Å². The molecule has 40 heavy (non-hydrogen) atoms. The summed E-state index contributed by atoms with van der Waals surface area (Å²) >= 11 is 0. The first-order valence-electron chi connectivity index (χ1n) is 12.8. The molecular weight excluding hydrogens is 520 g/mol. The minimum absolute atomic E-state index is 0.000856. The van der Waals surface area contributed by atoms with Crippen molar-refractivity contribution in [2.45, 2.75) is 46.8 Å². The molecule has 0 saturated heterocycles.